The normalized spacial score (nSPS) is 21.5. The topological polar surface area (TPSA) is 68.7 Å². The van der Waals surface area contributed by atoms with Gasteiger partial charge in [0.05, 0.1) is 37.5 Å². The Morgan fingerprint density at radius 1 is 1.12 bits per heavy atom. The van der Waals surface area contributed by atoms with Crippen LogP contribution in [0.1, 0.15) is 49.8 Å². The van der Waals surface area contributed by atoms with Crippen molar-refractivity contribution in [1.82, 2.24) is 14.5 Å². The van der Waals surface area contributed by atoms with Crippen LogP contribution in [0, 0.1) is 0 Å². The van der Waals surface area contributed by atoms with Crippen LogP contribution in [-0.2, 0) is 16.8 Å². The molecule has 0 aliphatic carbocycles. The molecule has 1 aromatic heterocycles. The number of methoxy groups -OCH3 is 2. The molecule has 3 heterocycles. The minimum absolute atomic E-state index is 0.00717. The van der Waals surface area contributed by atoms with E-state index in [9.17, 15) is 4.79 Å². The Bertz CT molecular complexity index is 1210. The maximum Gasteiger partial charge on any atom is 0.326 e. The van der Waals surface area contributed by atoms with E-state index in [0.717, 1.165) is 80.9 Å². The van der Waals surface area contributed by atoms with Crippen LogP contribution in [0.2, 0.25) is 0 Å². The van der Waals surface area contributed by atoms with E-state index < -0.39 is 0 Å². The van der Waals surface area contributed by atoms with Gasteiger partial charge in [0, 0.05) is 19.1 Å². The van der Waals surface area contributed by atoms with E-state index in [4.69, 9.17) is 14.2 Å². The number of H-pyrrole nitrogens is 1. The number of aromatic nitrogens is 2. The zero-order valence-electron chi connectivity index (χ0n) is 20.4. The first-order valence-electron chi connectivity index (χ1n) is 12.3. The van der Waals surface area contributed by atoms with E-state index in [0.29, 0.717) is 0 Å². The average molecular weight is 466 g/mol. The van der Waals surface area contributed by atoms with Gasteiger partial charge in [-0.15, -0.1) is 0 Å². The second-order valence-electron chi connectivity index (χ2n) is 9.69. The summed E-state index contributed by atoms with van der Waals surface area (Å²) in [6.07, 6.45) is 4.90. The third kappa shape index (κ3) is 4.23. The summed E-state index contributed by atoms with van der Waals surface area (Å²) in [5, 5.41) is 0. The molecule has 0 spiro atoms. The first-order chi connectivity index (χ1) is 16.5. The Balaban J connectivity index is 1.20. The molecule has 2 aliphatic heterocycles. The molecule has 1 unspecified atom stereocenters. The number of rotatable bonds is 7. The van der Waals surface area contributed by atoms with Gasteiger partial charge in [0.2, 0.25) is 0 Å². The van der Waals surface area contributed by atoms with Crippen LogP contribution < -0.4 is 15.2 Å². The Hall–Kier alpha value is -2.77. The van der Waals surface area contributed by atoms with Crippen LogP contribution in [0.4, 0.5) is 0 Å². The van der Waals surface area contributed by atoms with Crippen molar-refractivity contribution in [3.8, 4) is 11.5 Å². The summed E-state index contributed by atoms with van der Waals surface area (Å²) in [5.41, 5.74) is 4.13. The SMILES string of the molecule is COc1cc2c(cc1OC)C(C)(CCCN1CCC(n3c(=O)[nH]c4ccccc43)CC1)OCC2. The molecule has 7 nitrogen and oxygen atoms in total. The molecule has 1 fully saturated rings. The van der Waals surface area contributed by atoms with Crippen LogP contribution >= 0.6 is 0 Å². The number of hydrogen-bond acceptors (Lipinski definition) is 5. The van der Waals surface area contributed by atoms with Gasteiger partial charge in [0.1, 0.15) is 0 Å². The van der Waals surface area contributed by atoms with E-state index in [1.165, 1.54) is 11.1 Å². The molecule has 1 atom stereocenters. The lowest BCUT2D eigenvalue weighted by atomic mass is 9.84. The van der Waals surface area contributed by atoms with Gasteiger partial charge in [-0.2, -0.15) is 0 Å². The fraction of sp³-hybridized carbons (Fsp3) is 0.519. The largest absolute Gasteiger partial charge is 0.493 e. The van der Waals surface area contributed by atoms with Gasteiger partial charge >= 0.3 is 5.69 Å². The Kier molecular flexibility index (Phi) is 6.40. The van der Waals surface area contributed by atoms with E-state index in [1.807, 2.05) is 28.8 Å². The van der Waals surface area contributed by atoms with Crippen LogP contribution in [-0.4, -0.2) is 54.9 Å². The first-order valence-corrected chi connectivity index (χ1v) is 12.3. The molecule has 1 N–H and O–H groups in total. The lowest BCUT2D eigenvalue weighted by Crippen LogP contribution is -2.38. The molecule has 182 valence electrons. The maximum atomic E-state index is 12.6. The zero-order valence-corrected chi connectivity index (χ0v) is 20.4. The van der Waals surface area contributed by atoms with Crippen molar-refractivity contribution < 1.29 is 14.2 Å². The van der Waals surface area contributed by atoms with Crippen molar-refractivity contribution in [3.63, 3.8) is 0 Å². The molecule has 2 aromatic carbocycles. The summed E-state index contributed by atoms with van der Waals surface area (Å²) in [6, 6.07) is 12.4. The summed E-state index contributed by atoms with van der Waals surface area (Å²) in [5.74, 6) is 1.54. The number of fused-ring (bicyclic) bond motifs is 2. The molecule has 0 radical (unpaired) electrons. The molecule has 0 amide bonds. The number of nitrogens with one attached hydrogen (secondary N) is 1. The number of hydrogen-bond donors (Lipinski definition) is 1. The zero-order chi connectivity index (χ0) is 23.7. The van der Waals surface area contributed by atoms with Gasteiger partial charge in [0.25, 0.3) is 0 Å². The predicted molar refractivity (Wildman–Crippen MR) is 133 cm³/mol. The minimum Gasteiger partial charge on any atom is -0.493 e. The van der Waals surface area contributed by atoms with Crippen LogP contribution in [0.5, 0.6) is 11.5 Å². The summed E-state index contributed by atoms with van der Waals surface area (Å²) in [6.45, 7) is 5.99. The summed E-state index contributed by atoms with van der Waals surface area (Å²) >= 11 is 0. The Labute approximate surface area is 200 Å². The van der Waals surface area contributed by atoms with Crippen molar-refractivity contribution in [2.75, 3.05) is 40.5 Å². The smallest absolute Gasteiger partial charge is 0.326 e. The molecule has 2 aliphatic rings. The maximum absolute atomic E-state index is 12.6. The average Bonchev–Trinajstić information content (AvgIpc) is 3.19. The number of nitrogens with zero attached hydrogens (tertiary/aromatic N) is 2. The second kappa shape index (κ2) is 9.47. The molecule has 3 aromatic rings. The Morgan fingerprint density at radius 3 is 2.62 bits per heavy atom. The molecule has 5 rings (SSSR count). The van der Waals surface area contributed by atoms with Gasteiger partial charge in [-0.25, -0.2) is 4.79 Å². The highest BCUT2D eigenvalue weighted by Gasteiger charge is 2.34. The standard InChI is InChI=1S/C27H35N3O4/c1-27(21-18-25(33-3)24(32-2)17-19(21)11-16-34-27)12-6-13-29-14-9-20(10-15-29)30-23-8-5-4-7-22(23)28-26(30)31/h4-5,7-8,17-18,20H,6,9-16H2,1-3H3,(H,28,31). The number of benzene rings is 2. The third-order valence-corrected chi connectivity index (χ3v) is 7.65. The number of para-hydroxylation sites is 2. The summed E-state index contributed by atoms with van der Waals surface area (Å²) in [4.78, 5) is 18.1. The van der Waals surface area contributed by atoms with Crippen molar-refractivity contribution in [1.29, 1.82) is 0 Å². The molecule has 1 saturated heterocycles. The lowest BCUT2D eigenvalue weighted by Gasteiger charge is -2.38. The third-order valence-electron chi connectivity index (χ3n) is 7.65. The van der Waals surface area contributed by atoms with Crippen LogP contribution in [0.25, 0.3) is 11.0 Å². The quantitative estimate of drug-likeness (QED) is 0.565. The number of aromatic amines is 1. The van der Waals surface area contributed by atoms with Crippen molar-refractivity contribution >= 4 is 11.0 Å². The van der Waals surface area contributed by atoms with Gasteiger partial charge in [-0.3, -0.25) is 4.57 Å². The lowest BCUT2D eigenvalue weighted by molar-refractivity contribution is -0.0550. The van der Waals surface area contributed by atoms with E-state index in [2.05, 4.69) is 28.9 Å². The van der Waals surface area contributed by atoms with Crippen molar-refractivity contribution in [2.24, 2.45) is 0 Å². The molecule has 0 bridgehead atoms. The van der Waals surface area contributed by atoms with Crippen LogP contribution in [0.15, 0.2) is 41.2 Å². The molecular weight excluding hydrogens is 430 g/mol. The van der Waals surface area contributed by atoms with Gasteiger partial charge in [-0.1, -0.05) is 12.1 Å². The number of piperidine rings is 1. The second-order valence-corrected chi connectivity index (χ2v) is 9.69. The molecule has 0 saturated carbocycles. The van der Waals surface area contributed by atoms with Gasteiger partial charge in [0.15, 0.2) is 11.5 Å². The number of imidazole rings is 1. The van der Waals surface area contributed by atoms with Crippen LogP contribution in [0.3, 0.4) is 0 Å². The van der Waals surface area contributed by atoms with E-state index in [1.54, 1.807) is 14.2 Å². The van der Waals surface area contributed by atoms with Gasteiger partial charge < -0.3 is 24.1 Å². The fourth-order valence-corrected chi connectivity index (χ4v) is 5.77. The first kappa shape index (κ1) is 23.0. The van der Waals surface area contributed by atoms with Crippen molar-refractivity contribution in [3.05, 3.63) is 58.0 Å². The predicted octanol–water partition coefficient (Wildman–Crippen LogP) is 4.25. The number of ether oxygens (including phenoxy) is 3. The van der Waals surface area contributed by atoms with Gasteiger partial charge in [-0.05, 0) is 81.0 Å². The fourth-order valence-electron chi connectivity index (χ4n) is 5.77. The Morgan fingerprint density at radius 2 is 1.85 bits per heavy atom. The summed E-state index contributed by atoms with van der Waals surface area (Å²) in [7, 11) is 3.36. The molecule has 7 heteroatoms. The highest BCUT2D eigenvalue weighted by Crippen LogP contribution is 2.42. The highest BCUT2D eigenvalue weighted by atomic mass is 16.5. The minimum atomic E-state index is -0.317. The molecule has 34 heavy (non-hydrogen) atoms. The monoisotopic (exact) mass is 465 g/mol. The van der Waals surface area contributed by atoms with Crippen molar-refractivity contribution in [2.45, 2.75) is 50.7 Å². The molecular formula is C27H35N3O4. The summed E-state index contributed by atoms with van der Waals surface area (Å²) < 4.78 is 19.3. The highest BCUT2D eigenvalue weighted by molar-refractivity contribution is 5.75. The number of likely N-dealkylation sites (tertiary alicyclic amines) is 1. The van der Waals surface area contributed by atoms with E-state index >= 15 is 0 Å². The van der Waals surface area contributed by atoms with E-state index in [-0.39, 0.29) is 17.3 Å².